The number of nitro groups is 1. The van der Waals surface area contributed by atoms with E-state index in [0.29, 0.717) is 12.4 Å². The summed E-state index contributed by atoms with van der Waals surface area (Å²) < 4.78 is 5.53. The molecule has 98 valence electrons. The minimum atomic E-state index is -0.526. The van der Waals surface area contributed by atoms with Crippen LogP contribution >= 0.6 is 11.6 Å². The summed E-state index contributed by atoms with van der Waals surface area (Å²) in [4.78, 5) is 10.2. The van der Waals surface area contributed by atoms with E-state index in [1.165, 1.54) is 12.1 Å². The van der Waals surface area contributed by atoms with Gasteiger partial charge in [-0.3, -0.25) is 10.1 Å². The fraction of sp³-hybridized carbons (Fsp3) is 0.143. The zero-order chi connectivity index (χ0) is 13.8. The van der Waals surface area contributed by atoms with Crippen molar-refractivity contribution in [3.05, 3.63) is 68.7 Å². The van der Waals surface area contributed by atoms with Crippen LogP contribution in [0.25, 0.3) is 0 Å². The Morgan fingerprint density at radius 2 is 2.05 bits per heavy atom. The molecule has 0 atom stereocenters. The lowest BCUT2D eigenvalue weighted by molar-refractivity contribution is -0.384. The van der Waals surface area contributed by atoms with Crippen LogP contribution in [0.3, 0.4) is 0 Å². The van der Waals surface area contributed by atoms with E-state index in [1.807, 2.05) is 31.2 Å². The van der Waals surface area contributed by atoms with Gasteiger partial charge in [-0.05, 0) is 24.6 Å². The molecular formula is C14H12ClNO3. The van der Waals surface area contributed by atoms with Crippen LogP contribution in [-0.4, -0.2) is 4.92 Å². The SMILES string of the molecule is Cc1cccc(COc2ccc(Cl)c([N+](=O)[O-])c2)c1. The van der Waals surface area contributed by atoms with Crippen molar-refractivity contribution in [2.45, 2.75) is 13.5 Å². The molecule has 0 saturated carbocycles. The molecule has 0 bridgehead atoms. The van der Waals surface area contributed by atoms with E-state index >= 15 is 0 Å². The van der Waals surface area contributed by atoms with Crippen molar-refractivity contribution < 1.29 is 9.66 Å². The fourth-order valence-electron chi connectivity index (χ4n) is 1.69. The van der Waals surface area contributed by atoms with E-state index in [-0.39, 0.29) is 10.7 Å². The third-order valence-electron chi connectivity index (χ3n) is 2.60. The van der Waals surface area contributed by atoms with Crippen molar-refractivity contribution in [2.75, 3.05) is 0 Å². The van der Waals surface area contributed by atoms with Crippen LogP contribution in [0.4, 0.5) is 5.69 Å². The molecular weight excluding hydrogens is 266 g/mol. The van der Waals surface area contributed by atoms with Crippen molar-refractivity contribution >= 4 is 17.3 Å². The first-order valence-electron chi connectivity index (χ1n) is 5.68. The third-order valence-corrected chi connectivity index (χ3v) is 2.92. The van der Waals surface area contributed by atoms with E-state index in [9.17, 15) is 10.1 Å². The van der Waals surface area contributed by atoms with Gasteiger partial charge >= 0.3 is 0 Å². The van der Waals surface area contributed by atoms with Crippen LogP contribution in [-0.2, 0) is 6.61 Å². The molecule has 2 rings (SSSR count). The molecule has 0 aromatic heterocycles. The fourth-order valence-corrected chi connectivity index (χ4v) is 1.88. The van der Waals surface area contributed by atoms with Gasteiger partial charge in [0.25, 0.3) is 5.69 Å². The van der Waals surface area contributed by atoms with Gasteiger partial charge in [0.05, 0.1) is 11.0 Å². The molecule has 0 radical (unpaired) electrons. The van der Waals surface area contributed by atoms with Crippen molar-refractivity contribution in [1.82, 2.24) is 0 Å². The van der Waals surface area contributed by atoms with Crippen LogP contribution < -0.4 is 4.74 Å². The van der Waals surface area contributed by atoms with Crippen molar-refractivity contribution in [2.24, 2.45) is 0 Å². The minimum Gasteiger partial charge on any atom is -0.489 e. The first-order valence-corrected chi connectivity index (χ1v) is 6.06. The molecule has 0 heterocycles. The van der Waals surface area contributed by atoms with Gasteiger partial charge in [-0.25, -0.2) is 0 Å². The molecule has 0 aliphatic carbocycles. The number of ether oxygens (including phenoxy) is 1. The Bertz CT molecular complexity index is 613. The van der Waals surface area contributed by atoms with Gasteiger partial charge in [0.15, 0.2) is 0 Å². The van der Waals surface area contributed by atoms with Crippen molar-refractivity contribution in [3.63, 3.8) is 0 Å². The van der Waals surface area contributed by atoms with Crippen molar-refractivity contribution in [3.8, 4) is 5.75 Å². The molecule has 0 N–H and O–H groups in total. The van der Waals surface area contributed by atoms with Crippen LogP contribution in [0.1, 0.15) is 11.1 Å². The normalized spacial score (nSPS) is 10.2. The Hall–Kier alpha value is -2.07. The third kappa shape index (κ3) is 3.45. The number of rotatable bonds is 4. The Labute approximate surface area is 115 Å². The van der Waals surface area contributed by atoms with E-state index < -0.39 is 4.92 Å². The molecule has 0 spiro atoms. The number of benzene rings is 2. The summed E-state index contributed by atoms with van der Waals surface area (Å²) in [5, 5.41) is 10.9. The van der Waals surface area contributed by atoms with E-state index in [0.717, 1.165) is 11.1 Å². The average molecular weight is 278 g/mol. The van der Waals surface area contributed by atoms with Gasteiger partial charge in [-0.15, -0.1) is 0 Å². The van der Waals surface area contributed by atoms with E-state index in [1.54, 1.807) is 6.07 Å². The highest BCUT2D eigenvalue weighted by molar-refractivity contribution is 6.32. The first-order chi connectivity index (χ1) is 9.06. The van der Waals surface area contributed by atoms with Gasteiger partial charge < -0.3 is 4.74 Å². The lowest BCUT2D eigenvalue weighted by atomic mass is 10.1. The van der Waals surface area contributed by atoms with Gasteiger partial charge in [0.2, 0.25) is 0 Å². The minimum absolute atomic E-state index is 0.105. The number of nitrogens with zero attached hydrogens (tertiary/aromatic N) is 1. The number of hydrogen-bond donors (Lipinski definition) is 0. The highest BCUT2D eigenvalue weighted by atomic mass is 35.5. The van der Waals surface area contributed by atoms with Gasteiger partial charge in [-0.1, -0.05) is 41.4 Å². The predicted octanol–water partition coefficient (Wildman–Crippen LogP) is 4.14. The van der Waals surface area contributed by atoms with Crippen LogP contribution in [0.15, 0.2) is 42.5 Å². The molecule has 0 saturated heterocycles. The maximum atomic E-state index is 10.8. The zero-order valence-corrected chi connectivity index (χ0v) is 11.1. The average Bonchev–Trinajstić information content (AvgIpc) is 2.37. The molecule has 0 unspecified atom stereocenters. The second-order valence-corrected chi connectivity index (χ2v) is 4.56. The molecule has 0 aliphatic rings. The van der Waals surface area contributed by atoms with E-state index in [4.69, 9.17) is 16.3 Å². The lowest BCUT2D eigenvalue weighted by Crippen LogP contribution is -1.97. The Kier molecular flexibility index (Phi) is 4.02. The van der Waals surface area contributed by atoms with Crippen molar-refractivity contribution in [1.29, 1.82) is 0 Å². The number of nitro benzene ring substituents is 1. The smallest absolute Gasteiger partial charge is 0.291 e. The van der Waals surface area contributed by atoms with Gasteiger partial charge in [0, 0.05) is 0 Å². The van der Waals surface area contributed by atoms with Gasteiger partial charge in [-0.2, -0.15) is 0 Å². The summed E-state index contributed by atoms with van der Waals surface area (Å²) in [5.41, 5.74) is 2.00. The summed E-state index contributed by atoms with van der Waals surface area (Å²) in [5.74, 6) is 0.428. The zero-order valence-electron chi connectivity index (χ0n) is 10.3. The molecule has 4 nitrogen and oxygen atoms in total. The summed E-state index contributed by atoms with van der Waals surface area (Å²) >= 11 is 5.73. The maximum absolute atomic E-state index is 10.8. The lowest BCUT2D eigenvalue weighted by Gasteiger charge is -2.07. The topological polar surface area (TPSA) is 52.4 Å². The molecule has 5 heteroatoms. The molecule has 19 heavy (non-hydrogen) atoms. The highest BCUT2D eigenvalue weighted by Crippen LogP contribution is 2.28. The number of hydrogen-bond acceptors (Lipinski definition) is 3. The molecule has 0 amide bonds. The number of aryl methyl sites for hydroxylation is 1. The second-order valence-electron chi connectivity index (χ2n) is 4.15. The predicted molar refractivity (Wildman–Crippen MR) is 73.6 cm³/mol. The van der Waals surface area contributed by atoms with Crippen LogP contribution in [0.2, 0.25) is 5.02 Å². The summed E-state index contributed by atoms with van der Waals surface area (Å²) in [6, 6.07) is 12.3. The molecule has 2 aromatic carbocycles. The molecule has 2 aromatic rings. The molecule has 0 aliphatic heterocycles. The van der Waals surface area contributed by atoms with Crippen LogP contribution in [0.5, 0.6) is 5.75 Å². The monoisotopic (exact) mass is 277 g/mol. The van der Waals surface area contributed by atoms with Gasteiger partial charge in [0.1, 0.15) is 17.4 Å². The molecule has 0 fully saturated rings. The Morgan fingerprint density at radius 3 is 2.74 bits per heavy atom. The summed E-state index contributed by atoms with van der Waals surface area (Å²) in [7, 11) is 0. The van der Waals surface area contributed by atoms with E-state index in [2.05, 4.69) is 0 Å². The standard InChI is InChI=1S/C14H12ClNO3/c1-10-3-2-4-11(7-10)9-19-12-5-6-13(15)14(8-12)16(17)18/h2-8H,9H2,1H3. The Morgan fingerprint density at radius 1 is 1.26 bits per heavy atom. The maximum Gasteiger partial charge on any atom is 0.291 e. The van der Waals surface area contributed by atoms with Crippen LogP contribution in [0, 0.1) is 17.0 Å². The Balaban J connectivity index is 2.12. The summed E-state index contributed by atoms with van der Waals surface area (Å²) in [6.07, 6.45) is 0. The highest BCUT2D eigenvalue weighted by Gasteiger charge is 2.13. The summed E-state index contributed by atoms with van der Waals surface area (Å²) in [6.45, 7) is 2.36. The first kappa shape index (κ1) is 13.4. The largest absolute Gasteiger partial charge is 0.489 e. The number of halogens is 1. The second kappa shape index (κ2) is 5.71. The quantitative estimate of drug-likeness (QED) is 0.623.